The maximum absolute atomic E-state index is 10.7. The van der Waals surface area contributed by atoms with Gasteiger partial charge in [-0.15, -0.1) is 10.2 Å². The Balaban J connectivity index is 0.000000358. The number of ether oxygens (including phenoxy) is 1. The first-order valence-corrected chi connectivity index (χ1v) is 10.3. The summed E-state index contributed by atoms with van der Waals surface area (Å²) < 4.78 is 5.97. The van der Waals surface area contributed by atoms with Crippen LogP contribution in [0.15, 0.2) is 12.1 Å². The molecule has 1 aromatic carbocycles. The van der Waals surface area contributed by atoms with Crippen molar-refractivity contribution in [3.05, 3.63) is 34.4 Å². The highest BCUT2D eigenvalue weighted by atomic mass is 16.5. The Morgan fingerprint density at radius 1 is 0.926 bits per heavy atom. The fourth-order valence-corrected chi connectivity index (χ4v) is 4.24. The SMILES string of the molecule is C1CCC1.Nc1nnc(-c2ccc3c(c2O)CCC3)c2c1COC1(CC1)C2. The largest absolute Gasteiger partial charge is 0.507 e. The highest BCUT2D eigenvalue weighted by molar-refractivity contribution is 5.75. The van der Waals surface area contributed by atoms with Crippen molar-refractivity contribution in [2.75, 3.05) is 5.73 Å². The summed E-state index contributed by atoms with van der Waals surface area (Å²) in [4.78, 5) is 0. The number of phenolic OH excluding ortho intramolecular Hbond substituents is 1. The molecule has 3 N–H and O–H groups in total. The molecule has 5 nitrogen and oxygen atoms in total. The van der Waals surface area contributed by atoms with Crippen LogP contribution in [0.2, 0.25) is 0 Å². The monoisotopic (exact) mass is 365 g/mol. The van der Waals surface area contributed by atoms with Crippen LogP contribution in [-0.4, -0.2) is 20.9 Å². The molecule has 0 bridgehead atoms. The summed E-state index contributed by atoms with van der Waals surface area (Å²) in [5, 5.41) is 19.2. The van der Waals surface area contributed by atoms with Gasteiger partial charge in [0.05, 0.1) is 12.2 Å². The number of anilines is 1. The number of rotatable bonds is 1. The number of aromatic nitrogens is 2. The number of aryl methyl sites for hydroxylation is 1. The number of nitrogens with two attached hydrogens (primary N) is 1. The lowest BCUT2D eigenvalue weighted by Crippen LogP contribution is -2.26. The van der Waals surface area contributed by atoms with Gasteiger partial charge in [-0.05, 0) is 54.9 Å². The molecule has 4 aliphatic rings. The normalized spacial score (nSPS) is 20.9. The Morgan fingerprint density at radius 2 is 1.70 bits per heavy atom. The first-order chi connectivity index (χ1) is 13.2. The molecule has 1 spiro atoms. The third-order valence-corrected chi connectivity index (χ3v) is 6.55. The zero-order valence-corrected chi connectivity index (χ0v) is 15.8. The summed E-state index contributed by atoms with van der Waals surface area (Å²) in [7, 11) is 0. The quantitative estimate of drug-likeness (QED) is 0.796. The van der Waals surface area contributed by atoms with Gasteiger partial charge in [0.1, 0.15) is 11.4 Å². The van der Waals surface area contributed by atoms with Crippen molar-refractivity contribution >= 4 is 5.82 Å². The van der Waals surface area contributed by atoms with E-state index in [1.54, 1.807) is 0 Å². The molecule has 0 amide bonds. The Bertz CT molecular complexity index is 882. The second-order valence-corrected chi connectivity index (χ2v) is 8.41. The van der Waals surface area contributed by atoms with E-state index in [0.717, 1.165) is 66.5 Å². The number of fused-ring (bicyclic) bond motifs is 2. The van der Waals surface area contributed by atoms with Gasteiger partial charge in [-0.1, -0.05) is 31.7 Å². The first-order valence-electron chi connectivity index (χ1n) is 10.3. The molecule has 1 aliphatic heterocycles. The predicted molar refractivity (Wildman–Crippen MR) is 104 cm³/mol. The Hall–Kier alpha value is -2.14. The van der Waals surface area contributed by atoms with Crippen LogP contribution in [-0.2, 0) is 30.6 Å². The standard InChI is InChI=1S/C18H19N3O2.C4H8/c19-17-14-9-23-18(6-7-18)8-13(14)15(20-21-17)12-5-4-10-2-1-3-11(10)16(12)22;1-2-4-3-1/h4-5,22H,1-3,6-9H2,(H2,19,21);1-4H2. The lowest BCUT2D eigenvalue weighted by Gasteiger charge is -2.27. The summed E-state index contributed by atoms with van der Waals surface area (Å²) in [5.74, 6) is 0.817. The molecule has 3 aliphatic carbocycles. The van der Waals surface area contributed by atoms with E-state index >= 15 is 0 Å². The van der Waals surface area contributed by atoms with E-state index in [1.807, 2.05) is 6.07 Å². The van der Waals surface area contributed by atoms with Crippen molar-refractivity contribution in [2.24, 2.45) is 0 Å². The number of nitrogens with zero attached hydrogens (tertiary/aromatic N) is 2. The Labute approximate surface area is 160 Å². The van der Waals surface area contributed by atoms with Crippen molar-refractivity contribution in [1.82, 2.24) is 10.2 Å². The molecule has 2 saturated carbocycles. The van der Waals surface area contributed by atoms with Gasteiger partial charge in [0.2, 0.25) is 0 Å². The van der Waals surface area contributed by atoms with Crippen LogP contribution < -0.4 is 5.73 Å². The molecule has 27 heavy (non-hydrogen) atoms. The number of hydrogen-bond acceptors (Lipinski definition) is 5. The van der Waals surface area contributed by atoms with Gasteiger partial charge in [0, 0.05) is 17.5 Å². The van der Waals surface area contributed by atoms with Crippen LogP contribution in [0.3, 0.4) is 0 Å². The minimum Gasteiger partial charge on any atom is -0.507 e. The van der Waals surface area contributed by atoms with Gasteiger partial charge in [0.15, 0.2) is 5.82 Å². The van der Waals surface area contributed by atoms with Crippen molar-refractivity contribution in [1.29, 1.82) is 0 Å². The maximum Gasteiger partial charge on any atom is 0.151 e. The van der Waals surface area contributed by atoms with Crippen LogP contribution in [0.4, 0.5) is 5.82 Å². The number of nitrogen functional groups attached to an aromatic ring is 1. The molecule has 2 heterocycles. The average molecular weight is 365 g/mol. The number of benzene rings is 1. The zero-order chi connectivity index (χ0) is 18.4. The van der Waals surface area contributed by atoms with Gasteiger partial charge in [-0.25, -0.2) is 0 Å². The predicted octanol–water partition coefficient (Wildman–Crippen LogP) is 4.09. The Kier molecular flexibility index (Phi) is 4.08. The van der Waals surface area contributed by atoms with E-state index in [0.29, 0.717) is 18.2 Å². The lowest BCUT2D eigenvalue weighted by molar-refractivity contribution is 0.00838. The van der Waals surface area contributed by atoms with Crippen molar-refractivity contribution in [3.63, 3.8) is 0 Å². The molecule has 0 unspecified atom stereocenters. The molecule has 0 atom stereocenters. The van der Waals surface area contributed by atoms with E-state index in [1.165, 1.54) is 31.2 Å². The topological polar surface area (TPSA) is 81.3 Å². The van der Waals surface area contributed by atoms with Gasteiger partial charge < -0.3 is 15.6 Å². The summed E-state index contributed by atoms with van der Waals surface area (Å²) in [6, 6.07) is 4.10. The number of hydrogen-bond donors (Lipinski definition) is 2. The third kappa shape index (κ3) is 2.98. The summed E-state index contributed by atoms with van der Waals surface area (Å²) in [6.45, 7) is 0.495. The summed E-state index contributed by atoms with van der Waals surface area (Å²) >= 11 is 0. The van der Waals surface area contributed by atoms with E-state index in [-0.39, 0.29) is 5.60 Å². The van der Waals surface area contributed by atoms with Crippen LogP contribution in [0.5, 0.6) is 5.75 Å². The van der Waals surface area contributed by atoms with Crippen molar-refractivity contribution in [3.8, 4) is 17.0 Å². The fourth-order valence-electron chi connectivity index (χ4n) is 4.24. The van der Waals surface area contributed by atoms with E-state index in [2.05, 4.69) is 16.3 Å². The van der Waals surface area contributed by atoms with Crippen molar-refractivity contribution < 1.29 is 9.84 Å². The number of aromatic hydroxyl groups is 1. The van der Waals surface area contributed by atoms with Gasteiger partial charge in [-0.3, -0.25) is 0 Å². The average Bonchev–Trinajstić information content (AvgIpc) is 3.17. The Morgan fingerprint density at radius 3 is 2.41 bits per heavy atom. The second kappa shape index (κ2) is 6.48. The molecule has 142 valence electrons. The maximum atomic E-state index is 10.7. The van der Waals surface area contributed by atoms with E-state index in [9.17, 15) is 5.11 Å². The lowest BCUT2D eigenvalue weighted by atomic mass is 9.92. The third-order valence-electron chi connectivity index (χ3n) is 6.55. The summed E-state index contributed by atoms with van der Waals surface area (Å²) in [6.07, 6.45) is 12.1. The highest BCUT2D eigenvalue weighted by Crippen LogP contribution is 2.49. The van der Waals surface area contributed by atoms with Gasteiger partial charge in [-0.2, -0.15) is 0 Å². The molecule has 0 radical (unpaired) electrons. The van der Waals surface area contributed by atoms with Gasteiger partial charge in [0.25, 0.3) is 0 Å². The molecule has 2 fully saturated rings. The van der Waals surface area contributed by atoms with Crippen LogP contribution >= 0.6 is 0 Å². The molecule has 0 saturated heterocycles. The van der Waals surface area contributed by atoms with Crippen LogP contribution in [0.1, 0.15) is 67.2 Å². The fraction of sp³-hybridized carbons (Fsp3) is 0.545. The molecule has 1 aromatic heterocycles. The molecular formula is C22H27N3O2. The molecule has 2 aromatic rings. The smallest absolute Gasteiger partial charge is 0.151 e. The van der Waals surface area contributed by atoms with E-state index < -0.39 is 0 Å². The van der Waals surface area contributed by atoms with Crippen LogP contribution in [0, 0.1) is 0 Å². The molecular weight excluding hydrogens is 338 g/mol. The highest BCUT2D eigenvalue weighted by Gasteiger charge is 2.48. The van der Waals surface area contributed by atoms with Crippen molar-refractivity contribution in [2.45, 2.75) is 76.4 Å². The second-order valence-electron chi connectivity index (χ2n) is 8.41. The zero-order valence-electron chi connectivity index (χ0n) is 15.8. The van der Waals surface area contributed by atoms with Gasteiger partial charge >= 0.3 is 0 Å². The minimum absolute atomic E-state index is 0.0242. The molecule has 6 rings (SSSR count). The first kappa shape index (κ1) is 17.0. The minimum atomic E-state index is -0.0242. The molecule has 5 heteroatoms. The summed E-state index contributed by atoms with van der Waals surface area (Å²) in [5.41, 5.74) is 11.9. The van der Waals surface area contributed by atoms with Crippen LogP contribution in [0.25, 0.3) is 11.3 Å². The van der Waals surface area contributed by atoms with E-state index in [4.69, 9.17) is 10.5 Å². The number of phenols is 1.